The van der Waals surface area contributed by atoms with Crippen LogP contribution in [0.2, 0.25) is 0 Å². The molecular weight excluding hydrogens is 248 g/mol. The summed E-state index contributed by atoms with van der Waals surface area (Å²) >= 11 is 7.85. The van der Waals surface area contributed by atoms with Gasteiger partial charge < -0.3 is 4.74 Å². The van der Waals surface area contributed by atoms with Gasteiger partial charge in [0.2, 0.25) is 0 Å². The summed E-state index contributed by atoms with van der Waals surface area (Å²) in [6.45, 7) is 1.60. The molecule has 0 saturated carbocycles. The van der Waals surface area contributed by atoms with Gasteiger partial charge in [-0.3, -0.25) is 0 Å². The van der Waals surface area contributed by atoms with Crippen LogP contribution in [-0.4, -0.2) is 19.0 Å². The summed E-state index contributed by atoms with van der Waals surface area (Å²) in [5.41, 5.74) is 1.48. The molecule has 0 amide bonds. The van der Waals surface area contributed by atoms with Crippen molar-refractivity contribution in [2.75, 3.05) is 19.0 Å². The smallest absolute Gasteiger partial charge is 0.0593 e. The zero-order valence-corrected chi connectivity index (χ0v) is 9.64. The highest BCUT2D eigenvalue weighted by molar-refractivity contribution is 9.10. The average molecular weight is 259 g/mol. The zero-order valence-electron chi connectivity index (χ0n) is 7.16. The third kappa shape index (κ3) is 1.65. The Bertz CT molecular complexity index is 304. The van der Waals surface area contributed by atoms with E-state index in [0.29, 0.717) is 0 Å². The van der Waals surface area contributed by atoms with Crippen molar-refractivity contribution in [2.45, 2.75) is 5.41 Å². The minimum Gasteiger partial charge on any atom is -0.379 e. The second kappa shape index (κ2) is 3.64. The molecule has 0 aromatic heterocycles. The highest BCUT2D eigenvalue weighted by Gasteiger charge is 2.38. The molecule has 0 aliphatic carbocycles. The summed E-state index contributed by atoms with van der Waals surface area (Å²) in [7, 11) is 0. The average Bonchev–Trinajstić information content (AvgIpc) is 2.03. The molecule has 0 unspecified atom stereocenters. The minimum atomic E-state index is 0.160. The second-order valence-electron chi connectivity index (χ2n) is 3.44. The Balaban J connectivity index is 2.33. The van der Waals surface area contributed by atoms with Crippen LogP contribution in [0.5, 0.6) is 0 Å². The number of rotatable bonds is 2. The number of hydrogen-bond acceptors (Lipinski definition) is 2. The van der Waals surface area contributed by atoms with Gasteiger partial charge in [0.25, 0.3) is 0 Å². The van der Waals surface area contributed by atoms with Gasteiger partial charge in [0.15, 0.2) is 0 Å². The third-order valence-corrected chi connectivity index (χ3v) is 3.59. The lowest BCUT2D eigenvalue weighted by Crippen LogP contribution is -2.48. The van der Waals surface area contributed by atoms with Crippen molar-refractivity contribution in [3.63, 3.8) is 0 Å². The van der Waals surface area contributed by atoms with E-state index in [0.717, 1.165) is 23.4 Å². The van der Waals surface area contributed by atoms with Crippen molar-refractivity contribution < 1.29 is 4.74 Å². The monoisotopic (exact) mass is 258 g/mol. The van der Waals surface area contributed by atoms with Crippen LogP contribution in [0.3, 0.4) is 0 Å². The van der Waals surface area contributed by atoms with Crippen molar-refractivity contribution in [1.82, 2.24) is 0 Å². The topological polar surface area (TPSA) is 9.23 Å². The van der Waals surface area contributed by atoms with E-state index < -0.39 is 0 Å². The minimum absolute atomic E-state index is 0.160. The maximum absolute atomic E-state index is 5.26. The molecule has 0 spiro atoms. The molecule has 3 heteroatoms. The van der Waals surface area contributed by atoms with Gasteiger partial charge in [0.1, 0.15) is 0 Å². The van der Waals surface area contributed by atoms with Gasteiger partial charge in [0, 0.05) is 10.2 Å². The first-order valence-corrected chi connectivity index (χ1v) is 5.64. The molecule has 0 radical (unpaired) electrons. The molecule has 1 saturated heterocycles. The van der Waals surface area contributed by atoms with Crippen LogP contribution in [0.4, 0.5) is 0 Å². The molecule has 2 rings (SSSR count). The fourth-order valence-electron chi connectivity index (χ4n) is 1.52. The molecule has 1 aliphatic rings. The van der Waals surface area contributed by atoms with Crippen LogP contribution in [0.1, 0.15) is 5.56 Å². The summed E-state index contributed by atoms with van der Waals surface area (Å²) in [5, 5.41) is 0. The maximum Gasteiger partial charge on any atom is 0.0593 e. The van der Waals surface area contributed by atoms with Crippen LogP contribution in [0.15, 0.2) is 28.7 Å². The Hall–Kier alpha value is 0.01000. The molecule has 13 heavy (non-hydrogen) atoms. The molecule has 0 bridgehead atoms. The van der Waals surface area contributed by atoms with Gasteiger partial charge in [-0.25, -0.2) is 0 Å². The van der Waals surface area contributed by atoms with Crippen molar-refractivity contribution in [1.29, 1.82) is 0 Å². The lowest BCUT2D eigenvalue weighted by Gasteiger charge is -2.40. The highest BCUT2D eigenvalue weighted by Crippen LogP contribution is 2.34. The van der Waals surface area contributed by atoms with Gasteiger partial charge in [-0.15, -0.1) is 0 Å². The molecule has 1 aliphatic heterocycles. The quantitative estimate of drug-likeness (QED) is 0.803. The van der Waals surface area contributed by atoms with E-state index in [9.17, 15) is 0 Å². The largest absolute Gasteiger partial charge is 0.379 e. The van der Waals surface area contributed by atoms with Gasteiger partial charge in [-0.1, -0.05) is 28.1 Å². The number of benzene rings is 1. The van der Waals surface area contributed by atoms with Gasteiger partial charge in [-0.05, 0) is 17.7 Å². The van der Waals surface area contributed by atoms with Gasteiger partial charge in [0.05, 0.1) is 18.6 Å². The van der Waals surface area contributed by atoms with E-state index in [-0.39, 0.29) is 5.41 Å². The Morgan fingerprint density at radius 3 is 2.69 bits per heavy atom. The maximum atomic E-state index is 5.26. The molecule has 1 nitrogen and oxygen atoms in total. The number of hydrogen-bond donors (Lipinski definition) is 1. The van der Waals surface area contributed by atoms with E-state index in [1.54, 1.807) is 0 Å². The van der Waals surface area contributed by atoms with E-state index in [2.05, 4.69) is 46.8 Å². The first-order valence-electron chi connectivity index (χ1n) is 4.21. The van der Waals surface area contributed by atoms with Crippen LogP contribution >= 0.6 is 28.6 Å². The Kier molecular flexibility index (Phi) is 2.67. The lowest BCUT2D eigenvalue weighted by molar-refractivity contribution is -0.0471. The fraction of sp³-hybridized carbons (Fsp3) is 0.400. The highest BCUT2D eigenvalue weighted by atomic mass is 79.9. The van der Waals surface area contributed by atoms with Crippen molar-refractivity contribution in [2.24, 2.45) is 0 Å². The zero-order chi connectivity index (χ0) is 9.31. The Morgan fingerprint density at radius 2 is 2.23 bits per heavy atom. The summed E-state index contributed by atoms with van der Waals surface area (Å²) < 4.78 is 6.38. The summed E-state index contributed by atoms with van der Waals surface area (Å²) in [6, 6.07) is 8.39. The molecule has 70 valence electrons. The molecule has 1 fully saturated rings. The van der Waals surface area contributed by atoms with Crippen LogP contribution < -0.4 is 0 Å². The lowest BCUT2D eigenvalue weighted by atomic mass is 9.81. The molecule has 0 atom stereocenters. The van der Waals surface area contributed by atoms with Crippen LogP contribution in [0, 0.1) is 0 Å². The predicted molar refractivity (Wildman–Crippen MR) is 60.5 cm³/mol. The number of ether oxygens (including phenoxy) is 1. The summed E-state index contributed by atoms with van der Waals surface area (Å²) in [4.78, 5) is 0. The van der Waals surface area contributed by atoms with Crippen molar-refractivity contribution in [3.8, 4) is 0 Å². The summed E-state index contributed by atoms with van der Waals surface area (Å²) in [5.74, 6) is 0.851. The van der Waals surface area contributed by atoms with E-state index in [1.165, 1.54) is 5.56 Å². The molecule has 1 heterocycles. The predicted octanol–water partition coefficient (Wildman–Crippen LogP) is 2.65. The van der Waals surface area contributed by atoms with Crippen LogP contribution in [-0.2, 0) is 10.2 Å². The standard InChI is InChI=1S/C10H11BrOS/c11-9-3-1-2-8(4-9)10(7-13)5-12-6-10/h1-4,13H,5-7H2. The van der Waals surface area contributed by atoms with E-state index in [4.69, 9.17) is 4.74 Å². The Morgan fingerprint density at radius 1 is 1.46 bits per heavy atom. The van der Waals surface area contributed by atoms with E-state index in [1.807, 2.05) is 6.07 Å². The van der Waals surface area contributed by atoms with E-state index >= 15 is 0 Å². The first-order chi connectivity index (χ1) is 6.27. The van der Waals surface area contributed by atoms with Crippen molar-refractivity contribution >= 4 is 28.6 Å². The van der Waals surface area contributed by atoms with Crippen molar-refractivity contribution in [3.05, 3.63) is 34.3 Å². The first kappa shape index (κ1) is 9.56. The summed E-state index contributed by atoms with van der Waals surface area (Å²) in [6.07, 6.45) is 0. The van der Waals surface area contributed by atoms with Crippen LogP contribution in [0.25, 0.3) is 0 Å². The molecular formula is C10H11BrOS. The number of halogens is 1. The SMILES string of the molecule is SCC1(c2cccc(Br)c2)COC1. The normalized spacial score (nSPS) is 19.5. The second-order valence-corrected chi connectivity index (χ2v) is 4.67. The number of thiol groups is 1. The molecule has 1 aromatic carbocycles. The molecule has 0 N–H and O–H groups in total. The Labute approximate surface area is 92.0 Å². The molecule has 1 aromatic rings. The van der Waals surface area contributed by atoms with Gasteiger partial charge >= 0.3 is 0 Å². The van der Waals surface area contributed by atoms with Gasteiger partial charge in [-0.2, -0.15) is 12.6 Å². The third-order valence-electron chi connectivity index (χ3n) is 2.50. The fourth-order valence-corrected chi connectivity index (χ4v) is 2.28.